The molecule has 1 aliphatic heterocycles. The van der Waals surface area contributed by atoms with Crippen molar-refractivity contribution in [1.29, 1.82) is 0 Å². The second kappa shape index (κ2) is 7.37. The number of carbonyl (C=O) groups is 1. The van der Waals surface area contributed by atoms with Crippen molar-refractivity contribution in [3.8, 4) is 0 Å². The number of hydrogen-bond acceptors (Lipinski definition) is 4. The van der Waals surface area contributed by atoms with E-state index in [2.05, 4.69) is 5.10 Å². The fraction of sp³-hybridized carbons (Fsp3) is 0.474. The summed E-state index contributed by atoms with van der Waals surface area (Å²) in [4.78, 5) is 14.3. The zero-order chi connectivity index (χ0) is 18.0. The van der Waals surface area contributed by atoms with E-state index in [9.17, 15) is 15.0 Å². The number of amides is 1. The third-order valence-electron chi connectivity index (χ3n) is 4.88. The molecule has 0 aliphatic carbocycles. The van der Waals surface area contributed by atoms with Gasteiger partial charge < -0.3 is 15.1 Å². The minimum absolute atomic E-state index is 0.0375. The van der Waals surface area contributed by atoms with Gasteiger partial charge in [-0.1, -0.05) is 12.1 Å². The van der Waals surface area contributed by atoms with Crippen LogP contribution in [0, 0.1) is 19.8 Å². The number of β-amino-alcohol motifs (C(OH)–C–C–N with tert-alkyl or cyclic N) is 1. The number of benzene rings is 1. The number of aromatic nitrogens is 2. The van der Waals surface area contributed by atoms with Gasteiger partial charge >= 0.3 is 0 Å². The fourth-order valence-corrected chi connectivity index (χ4v) is 3.32. The molecular formula is C19H25N3O3. The third-order valence-corrected chi connectivity index (χ3v) is 4.88. The van der Waals surface area contributed by atoms with E-state index in [0.717, 1.165) is 17.0 Å². The maximum atomic E-state index is 12.6. The maximum Gasteiger partial charge on any atom is 0.253 e. The topological polar surface area (TPSA) is 78.6 Å². The van der Waals surface area contributed by atoms with Crippen molar-refractivity contribution >= 4 is 5.91 Å². The number of likely N-dealkylation sites (tertiary alicyclic amines) is 1. The Hall–Kier alpha value is -2.18. The molecule has 1 aromatic heterocycles. The second-order valence-electron chi connectivity index (χ2n) is 6.83. The van der Waals surface area contributed by atoms with E-state index in [1.807, 2.05) is 48.9 Å². The molecule has 6 heteroatoms. The zero-order valence-electron chi connectivity index (χ0n) is 14.7. The molecule has 1 aliphatic rings. The highest BCUT2D eigenvalue weighted by Crippen LogP contribution is 2.19. The van der Waals surface area contributed by atoms with Crippen LogP contribution in [0.25, 0.3) is 0 Å². The summed E-state index contributed by atoms with van der Waals surface area (Å²) in [6, 6.07) is 9.59. The molecule has 1 fully saturated rings. The quantitative estimate of drug-likeness (QED) is 0.879. The van der Waals surface area contributed by atoms with Crippen molar-refractivity contribution < 1.29 is 15.0 Å². The molecule has 0 bridgehead atoms. The predicted octanol–water partition coefficient (Wildman–Crippen LogP) is 1.36. The number of aliphatic hydroxyl groups is 2. The smallest absolute Gasteiger partial charge is 0.253 e. The Morgan fingerprint density at radius 2 is 2.00 bits per heavy atom. The number of carbonyl (C=O) groups excluding carboxylic acids is 1. The van der Waals surface area contributed by atoms with Crippen LogP contribution < -0.4 is 0 Å². The van der Waals surface area contributed by atoms with Crippen molar-refractivity contribution in [2.24, 2.45) is 5.92 Å². The normalized spacial score (nSPS) is 20.7. The molecule has 0 saturated carbocycles. The Morgan fingerprint density at radius 3 is 2.56 bits per heavy atom. The minimum atomic E-state index is -0.659. The Labute approximate surface area is 147 Å². The average molecular weight is 343 g/mol. The second-order valence-corrected chi connectivity index (χ2v) is 6.83. The van der Waals surface area contributed by atoms with Gasteiger partial charge in [0.05, 0.1) is 18.3 Å². The zero-order valence-corrected chi connectivity index (χ0v) is 14.7. The number of piperidine rings is 1. The van der Waals surface area contributed by atoms with E-state index < -0.39 is 6.10 Å². The predicted molar refractivity (Wildman–Crippen MR) is 94.3 cm³/mol. The van der Waals surface area contributed by atoms with Crippen LogP contribution in [0.4, 0.5) is 0 Å². The summed E-state index contributed by atoms with van der Waals surface area (Å²) in [7, 11) is 0. The lowest BCUT2D eigenvalue weighted by Gasteiger charge is -2.35. The van der Waals surface area contributed by atoms with Crippen molar-refractivity contribution in [2.45, 2.75) is 32.9 Å². The van der Waals surface area contributed by atoms with Gasteiger partial charge in [0.25, 0.3) is 5.91 Å². The van der Waals surface area contributed by atoms with Gasteiger partial charge in [0.1, 0.15) is 0 Å². The molecule has 1 aromatic carbocycles. The Balaban J connectivity index is 1.66. The summed E-state index contributed by atoms with van der Waals surface area (Å²) in [5.74, 6) is -0.208. The molecule has 2 heterocycles. The molecule has 134 valence electrons. The Morgan fingerprint density at radius 1 is 1.28 bits per heavy atom. The van der Waals surface area contributed by atoms with Gasteiger partial charge in [-0.3, -0.25) is 9.48 Å². The SMILES string of the molecule is Cc1cc(C)n(Cc2ccc(C(=O)N3CC[C@H](CO)[C@H](O)C3)cc2)n1. The number of hydrogen-bond donors (Lipinski definition) is 2. The fourth-order valence-electron chi connectivity index (χ4n) is 3.32. The highest BCUT2D eigenvalue weighted by Gasteiger charge is 2.29. The third kappa shape index (κ3) is 3.91. The van der Waals surface area contributed by atoms with Gasteiger partial charge in [0, 0.05) is 36.9 Å². The van der Waals surface area contributed by atoms with Gasteiger partial charge in [-0.05, 0) is 44.0 Å². The van der Waals surface area contributed by atoms with E-state index in [4.69, 9.17) is 0 Å². The van der Waals surface area contributed by atoms with Gasteiger partial charge in [-0.2, -0.15) is 5.10 Å². The lowest BCUT2D eigenvalue weighted by molar-refractivity contribution is 0.000876. The van der Waals surface area contributed by atoms with E-state index in [-0.39, 0.29) is 25.0 Å². The molecule has 2 aromatic rings. The minimum Gasteiger partial charge on any atom is -0.396 e. The molecule has 0 radical (unpaired) electrons. The van der Waals surface area contributed by atoms with E-state index in [1.54, 1.807) is 4.90 Å². The van der Waals surface area contributed by atoms with Crippen LogP contribution in [-0.2, 0) is 6.54 Å². The molecule has 1 saturated heterocycles. The summed E-state index contributed by atoms with van der Waals surface area (Å²) >= 11 is 0. The first-order valence-electron chi connectivity index (χ1n) is 8.66. The molecule has 3 rings (SSSR count). The van der Waals surface area contributed by atoms with Gasteiger partial charge in [-0.15, -0.1) is 0 Å². The lowest BCUT2D eigenvalue weighted by Crippen LogP contribution is -2.47. The van der Waals surface area contributed by atoms with Crippen LogP contribution in [0.1, 0.15) is 33.7 Å². The summed E-state index contributed by atoms with van der Waals surface area (Å²) in [5.41, 5.74) is 3.81. The first kappa shape index (κ1) is 17.6. The largest absolute Gasteiger partial charge is 0.396 e. The molecule has 1 amide bonds. The number of rotatable bonds is 4. The summed E-state index contributed by atoms with van der Waals surface area (Å²) < 4.78 is 1.95. The van der Waals surface area contributed by atoms with E-state index in [1.165, 1.54) is 0 Å². The summed E-state index contributed by atoms with van der Waals surface area (Å²) in [6.07, 6.45) is -0.0348. The summed E-state index contributed by atoms with van der Waals surface area (Å²) in [6.45, 7) is 5.48. The molecule has 0 unspecified atom stereocenters. The van der Waals surface area contributed by atoms with E-state index in [0.29, 0.717) is 25.1 Å². The molecule has 2 N–H and O–H groups in total. The summed E-state index contributed by atoms with van der Waals surface area (Å²) in [5, 5.41) is 23.7. The van der Waals surface area contributed by atoms with Crippen LogP contribution in [0.5, 0.6) is 0 Å². The Kier molecular flexibility index (Phi) is 5.20. The van der Waals surface area contributed by atoms with Crippen molar-refractivity contribution in [3.63, 3.8) is 0 Å². The van der Waals surface area contributed by atoms with Crippen LogP contribution in [0.3, 0.4) is 0 Å². The number of aryl methyl sites for hydroxylation is 2. The van der Waals surface area contributed by atoms with Crippen molar-refractivity contribution in [1.82, 2.24) is 14.7 Å². The van der Waals surface area contributed by atoms with Crippen LogP contribution in [0.2, 0.25) is 0 Å². The lowest BCUT2D eigenvalue weighted by atomic mass is 9.94. The monoisotopic (exact) mass is 343 g/mol. The molecule has 0 spiro atoms. The van der Waals surface area contributed by atoms with Crippen molar-refractivity contribution in [3.05, 3.63) is 52.8 Å². The first-order chi connectivity index (χ1) is 12.0. The highest BCUT2D eigenvalue weighted by molar-refractivity contribution is 5.94. The van der Waals surface area contributed by atoms with Gasteiger partial charge in [0.2, 0.25) is 0 Å². The highest BCUT2D eigenvalue weighted by atomic mass is 16.3. The standard InChI is InChI=1S/C19H25N3O3/c1-13-9-14(2)22(20-13)10-15-3-5-16(6-4-15)19(25)21-8-7-17(12-23)18(24)11-21/h3-6,9,17-18,23-24H,7-8,10-12H2,1-2H3/t17-,18-/m1/s1. The molecule has 2 atom stereocenters. The van der Waals surface area contributed by atoms with Gasteiger partial charge in [0.15, 0.2) is 0 Å². The van der Waals surface area contributed by atoms with Crippen LogP contribution >= 0.6 is 0 Å². The van der Waals surface area contributed by atoms with Crippen LogP contribution in [-0.4, -0.2) is 56.6 Å². The molecule has 25 heavy (non-hydrogen) atoms. The van der Waals surface area contributed by atoms with E-state index >= 15 is 0 Å². The first-order valence-corrected chi connectivity index (χ1v) is 8.66. The molecular weight excluding hydrogens is 318 g/mol. The maximum absolute atomic E-state index is 12.6. The van der Waals surface area contributed by atoms with Gasteiger partial charge in [-0.25, -0.2) is 0 Å². The molecule has 6 nitrogen and oxygen atoms in total. The number of nitrogens with zero attached hydrogens (tertiary/aromatic N) is 3. The van der Waals surface area contributed by atoms with Crippen molar-refractivity contribution in [2.75, 3.05) is 19.7 Å². The average Bonchev–Trinajstić information content (AvgIpc) is 2.92. The Bertz CT molecular complexity index is 739. The number of aliphatic hydroxyl groups excluding tert-OH is 2. The van der Waals surface area contributed by atoms with Crippen LogP contribution in [0.15, 0.2) is 30.3 Å².